The highest BCUT2D eigenvalue weighted by atomic mass is 19.1. The van der Waals surface area contributed by atoms with Crippen LogP contribution in [0.3, 0.4) is 0 Å². The Balaban J connectivity index is 2.16. The number of amides is 1. The zero-order chi connectivity index (χ0) is 14.9. The van der Waals surface area contributed by atoms with Crippen LogP contribution in [0.2, 0.25) is 0 Å². The molecule has 1 unspecified atom stereocenters. The van der Waals surface area contributed by atoms with E-state index in [2.05, 4.69) is 11.8 Å². The molecule has 6 heteroatoms. The van der Waals surface area contributed by atoms with E-state index in [4.69, 9.17) is 5.73 Å². The minimum atomic E-state index is -0.895. The molecule has 1 aliphatic rings. The molecule has 0 saturated carbocycles. The lowest BCUT2D eigenvalue weighted by Crippen LogP contribution is -2.53. The molecule has 2 rings (SSSR count). The average molecular weight is 283 g/mol. The van der Waals surface area contributed by atoms with E-state index in [-0.39, 0.29) is 17.5 Å². The summed E-state index contributed by atoms with van der Waals surface area (Å²) in [5.41, 5.74) is 4.66. The van der Waals surface area contributed by atoms with Crippen molar-refractivity contribution < 1.29 is 13.6 Å². The highest BCUT2D eigenvalue weighted by Crippen LogP contribution is 2.19. The summed E-state index contributed by atoms with van der Waals surface area (Å²) in [7, 11) is 0. The molecule has 1 heterocycles. The summed E-state index contributed by atoms with van der Waals surface area (Å²) in [5, 5.41) is 0. The fourth-order valence-electron chi connectivity index (χ4n) is 2.54. The Morgan fingerprint density at radius 1 is 1.35 bits per heavy atom. The standard InChI is InChI=1S/C14H19F2N3O/c1-3-18-4-5-19(8-9(18)2)14(20)10-6-11(15)13(17)12(16)7-10/h6-7,9H,3-5,8,17H2,1-2H3. The molecule has 110 valence electrons. The number of halogens is 2. The lowest BCUT2D eigenvalue weighted by Gasteiger charge is -2.39. The number of benzene rings is 1. The first-order chi connectivity index (χ1) is 9.43. The molecule has 0 aliphatic carbocycles. The first-order valence-corrected chi connectivity index (χ1v) is 6.71. The number of nitrogens with two attached hydrogens (primary N) is 1. The Bertz CT molecular complexity index is 498. The second-order valence-electron chi connectivity index (χ2n) is 5.08. The lowest BCUT2D eigenvalue weighted by atomic mass is 10.1. The molecule has 0 radical (unpaired) electrons. The zero-order valence-electron chi connectivity index (χ0n) is 11.7. The van der Waals surface area contributed by atoms with Gasteiger partial charge in [0.2, 0.25) is 0 Å². The maximum absolute atomic E-state index is 13.4. The summed E-state index contributed by atoms with van der Waals surface area (Å²) in [6.45, 7) is 6.91. The predicted octanol–water partition coefficient (Wildman–Crippen LogP) is 1.71. The summed E-state index contributed by atoms with van der Waals surface area (Å²) in [6.07, 6.45) is 0. The molecule has 0 spiro atoms. The smallest absolute Gasteiger partial charge is 0.254 e. The van der Waals surface area contributed by atoms with Gasteiger partial charge >= 0.3 is 0 Å². The summed E-state index contributed by atoms with van der Waals surface area (Å²) in [4.78, 5) is 16.2. The SMILES string of the molecule is CCN1CCN(C(=O)c2cc(F)c(N)c(F)c2)CC1C. The molecule has 1 aromatic rings. The molecule has 1 aliphatic heterocycles. The number of likely N-dealkylation sites (N-methyl/N-ethyl adjacent to an activating group) is 1. The van der Waals surface area contributed by atoms with Crippen molar-refractivity contribution in [2.24, 2.45) is 0 Å². The molecule has 1 aromatic carbocycles. The van der Waals surface area contributed by atoms with Crippen LogP contribution in [0.5, 0.6) is 0 Å². The van der Waals surface area contributed by atoms with Gasteiger partial charge < -0.3 is 10.6 Å². The number of nitrogen functional groups attached to an aromatic ring is 1. The molecule has 1 saturated heterocycles. The highest BCUT2D eigenvalue weighted by Gasteiger charge is 2.27. The molecule has 1 atom stereocenters. The number of carbonyl (C=O) groups is 1. The van der Waals surface area contributed by atoms with Crippen molar-refractivity contribution >= 4 is 11.6 Å². The van der Waals surface area contributed by atoms with E-state index in [9.17, 15) is 13.6 Å². The zero-order valence-corrected chi connectivity index (χ0v) is 11.7. The van der Waals surface area contributed by atoms with Crippen molar-refractivity contribution in [2.45, 2.75) is 19.9 Å². The fourth-order valence-corrected chi connectivity index (χ4v) is 2.54. The molecule has 2 N–H and O–H groups in total. The van der Waals surface area contributed by atoms with Crippen LogP contribution in [-0.2, 0) is 0 Å². The largest absolute Gasteiger partial charge is 0.394 e. The molecule has 0 aromatic heterocycles. The maximum Gasteiger partial charge on any atom is 0.254 e. The van der Waals surface area contributed by atoms with Crippen LogP contribution in [0, 0.1) is 11.6 Å². The Labute approximate surface area is 117 Å². The van der Waals surface area contributed by atoms with Crippen molar-refractivity contribution in [2.75, 3.05) is 31.9 Å². The van der Waals surface area contributed by atoms with Crippen LogP contribution in [0.4, 0.5) is 14.5 Å². The van der Waals surface area contributed by atoms with Gasteiger partial charge in [0.25, 0.3) is 5.91 Å². The van der Waals surface area contributed by atoms with E-state index in [0.717, 1.165) is 25.2 Å². The number of anilines is 1. The van der Waals surface area contributed by atoms with Crippen LogP contribution in [0.1, 0.15) is 24.2 Å². The number of hydrogen-bond acceptors (Lipinski definition) is 3. The third kappa shape index (κ3) is 2.75. The van der Waals surface area contributed by atoms with Gasteiger partial charge in [0.05, 0.1) is 0 Å². The monoisotopic (exact) mass is 283 g/mol. The van der Waals surface area contributed by atoms with Gasteiger partial charge in [-0.2, -0.15) is 0 Å². The Hall–Kier alpha value is -1.69. The van der Waals surface area contributed by atoms with Crippen molar-refractivity contribution in [1.82, 2.24) is 9.80 Å². The van der Waals surface area contributed by atoms with Gasteiger partial charge in [-0.25, -0.2) is 8.78 Å². The van der Waals surface area contributed by atoms with Gasteiger partial charge in [-0.15, -0.1) is 0 Å². The molecule has 1 amide bonds. The van der Waals surface area contributed by atoms with Gasteiger partial charge in [0.1, 0.15) is 17.3 Å². The second-order valence-corrected chi connectivity index (χ2v) is 5.08. The minimum Gasteiger partial charge on any atom is -0.394 e. The predicted molar refractivity (Wildman–Crippen MR) is 73.4 cm³/mol. The van der Waals surface area contributed by atoms with Crippen LogP contribution in [0.25, 0.3) is 0 Å². The maximum atomic E-state index is 13.4. The molecule has 1 fully saturated rings. The Kier molecular flexibility index (Phi) is 4.23. The van der Waals surface area contributed by atoms with Crippen molar-refractivity contribution in [3.8, 4) is 0 Å². The van der Waals surface area contributed by atoms with Crippen LogP contribution < -0.4 is 5.73 Å². The molecule has 4 nitrogen and oxygen atoms in total. The quantitative estimate of drug-likeness (QED) is 0.841. The summed E-state index contributed by atoms with van der Waals surface area (Å²) in [6, 6.07) is 2.23. The first kappa shape index (κ1) is 14.7. The second kappa shape index (κ2) is 5.75. The van der Waals surface area contributed by atoms with E-state index in [0.29, 0.717) is 13.1 Å². The third-order valence-electron chi connectivity index (χ3n) is 3.78. The van der Waals surface area contributed by atoms with Crippen molar-refractivity contribution in [3.05, 3.63) is 29.3 Å². The van der Waals surface area contributed by atoms with E-state index in [1.807, 2.05) is 6.92 Å². The lowest BCUT2D eigenvalue weighted by molar-refractivity contribution is 0.0527. The Morgan fingerprint density at radius 2 is 1.95 bits per heavy atom. The van der Waals surface area contributed by atoms with E-state index in [1.54, 1.807) is 4.90 Å². The molecule has 20 heavy (non-hydrogen) atoms. The minimum absolute atomic E-state index is 0.00588. The fraction of sp³-hybridized carbons (Fsp3) is 0.500. The summed E-state index contributed by atoms with van der Waals surface area (Å²) in [5.74, 6) is -2.15. The normalized spacial score (nSPS) is 20.2. The van der Waals surface area contributed by atoms with Gasteiger partial charge in [-0.3, -0.25) is 9.69 Å². The molecular weight excluding hydrogens is 264 g/mol. The number of piperazine rings is 1. The number of rotatable bonds is 2. The van der Waals surface area contributed by atoms with Crippen LogP contribution in [-0.4, -0.2) is 47.9 Å². The topological polar surface area (TPSA) is 49.6 Å². The van der Waals surface area contributed by atoms with Crippen LogP contribution in [0.15, 0.2) is 12.1 Å². The van der Waals surface area contributed by atoms with E-state index in [1.165, 1.54) is 0 Å². The van der Waals surface area contributed by atoms with E-state index < -0.39 is 17.3 Å². The number of hydrogen-bond donors (Lipinski definition) is 1. The number of nitrogens with zero attached hydrogens (tertiary/aromatic N) is 2. The van der Waals surface area contributed by atoms with Gasteiger partial charge in [0.15, 0.2) is 0 Å². The highest BCUT2D eigenvalue weighted by molar-refractivity contribution is 5.94. The third-order valence-corrected chi connectivity index (χ3v) is 3.78. The van der Waals surface area contributed by atoms with Gasteiger partial charge in [0, 0.05) is 31.2 Å². The molecular formula is C14H19F2N3O. The van der Waals surface area contributed by atoms with Gasteiger partial charge in [-0.05, 0) is 25.6 Å². The molecule has 0 bridgehead atoms. The van der Waals surface area contributed by atoms with E-state index >= 15 is 0 Å². The average Bonchev–Trinajstić information content (AvgIpc) is 2.43. The van der Waals surface area contributed by atoms with Gasteiger partial charge in [-0.1, -0.05) is 6.92 Å². The summed E-state index contributed by atoms with van der Waals surface area (Å²) >= 11 is 0. The van der Waals surface area contributed by atoms with Crippen LogP contribution >= 0.6 is 0 Å². The van der Waals surface area contributed by atoms with Crippen molar-refractivity contribution in [3.63, 3.8) is 0 Å². The van der Waals surface area contributed by atoms with Crippen molar-refractivity contribution in [1.29, 1.82) is 0 Å². The summed E-state index contributed by atoms with van der Waals surface area (Å²) < 4.78 is 26.8. The number of carbonyl (C=O) groups excluding carboxylic acids is 1. The first-order valence-electron chi connectivity index (χ1n) is 6.71. The Morgan fingerprint density at radius 3 is 2.45 bits per heavy atom.